The molecule has 0 saturated heterocycles. The minimum atomic E-state index is 0.0409. The van der Waals surface area contributed by atoms with Gasteiger partial charge in [-0.15, -0.1) is 0 Å². The van der Waals surface area contributed by atoms with Crippen molar-refractivity contribution < 1.29 is 4.74 Å². The second-order valence-corrected chi connectivity index (χ2v) is 6.92. The smallest absolute Gasteiger partial charge is 0.0704 e. The van der Waals surface area contributed by atoms with Gasteiger partial charge < -0.3 is 4.74 Å². The lowest BCUT2D eigenvalue weighted by Crippen LogP contribution is -2.40. The highest BCUT2D eigenvalue weighted by molar-refractivity contribution is 5.16. The molecule has 1 nitrogen and oxygen atoms in total. The fourth-order valence-electron chi connectivity index (χ4n) is 3.90. The van der Waals surface area contributed by atoms with Crippen molar-refractivity contribution in [1.29, 1.82) is 0 Å². The Labute approximate surface area is 144 Å². The van der Waals surface area contributed by atoms with Crippen LogP contribution < -0.4 is 0 Å². The molecule has 1 heteroatoms. The van der Waals surface area contributed by atoms with Gasteiger partial charge in [-0.1, -0.05) is 89.6 Å². The first kappa shape index (κ1) is 20.2. The molecule has 0 aliphatic heterocycles. The SMILES string of the molecule is CCCCCCCCC(Cc1ccccc1)C(CC)(CC)OC. The van der Waals surface area contributed by atoms with E-state index in [1.165, 1.54) is 50.5 Å². The lowest BCUT2D eigenvalue weighted by atomic mass is 9.76. The van der Waals surface area contributed by atoms with E-state index in [4.69, 9.17) is 4.74 Å². The maximum Gasteiger partial charge on any atom is 0.0704 e. The number of benzene rings is 1. The Kier molecular flexibility index (Phi) is 10.3. The molecule has 1 unspecified atom stereocenters. The Balaban J connectivity index is 2.64. The summed E-state index contributed by atoms with van der Waals surface area (Å²) in [5, 5.41) is 0. The predicted molar refractivity (Wildman–Crippen MR) is 102 cm³/mol. The minimum absolute atomic E-state index is 0.0409. The van der Waals surface area contributed by atoms with Gasteiger partial charge in [0.25, 0.3) is 0 Å². The summed E-state index contributed by atoms with van der Waals surface area (Å²) in [6, 6.07) is 10.9. The number of unbranched alkanes of at least 4 members (excludes halogenated alkanes) is 5. The molecule has 0 radical (unpaired) electrons. The zero-order chi connectivity index (χ0) is 17.0. The zero-order valence-electron chi connectivity index (χ0n) is 15.9. The Morgan fingerprint density at radius 2 is 1.48 bits per heavy atom. The van der Waals surface area contributed by atoms with Crippen LogP contribution in [0.2, 0.25) is 0 Å². The van der Waals surface area contributed by atoms with Gasteiger partial charge in [0.05, 0.1) is 5.60 Å². The summed E-state index contributed by atoms with van der Waals surface area (Å²) in [4.78, 5) is 0. The van der Waals surface area contributed by atoms with Crippen LogP contribution in [0, 0.1) is 5.92 Å². The molecule has 1 atom stereocenters. The van der Waals surface area contributed by atoms with Gasteiger partial charge in [0, 0.05) is 7.11 Å². The van der Waals surface area contributed by atoms with Crippen LogP contribution in [0.15, 0.2) is 30.3 Å². The molecule has 0 aromatic heterocycles. The third kappa shape index (κ3) is 6.67. The summed E-state index contributed by atoms with van der Waals surface area (Å²) >= 11 is 0. The molecule has 0 aliphatic rings. The van der Waals surface area contributed by atoms with Crippen LogP contribution in [0.4, 0.5) is 0 Å². The van der Waals surface area contributed by atoms with E-state index in [-0.39, 0.29) is 5.60 Å². The zero-order valence-corrected chi connectivity index (χ0v) is 15.9. The maximum absolute atomic E-state index is 6.07. The molecule has 1 rings (SSSR count). The van der Waals surface area contributed by atoms with Gasteiger partial charge in [-0.3, -0.25) is 0 Å². The van der Waals surface area contributed by atoms with Crippen molar-refractivity contribution >= 4 is 0 Å². The monoisotopic (exact) mass is 318 g/mol. The van der Waals surface area contributed by atoms with Crippen molar-refractivity contribution in [3.63, 3.8) is 0 Å². The lowest BCUT2D eigenvalue weighted by molar-refractivity contribution is -0.0679. The van der Waals surface area contributed by atoms with E-state index in [1.807, 2.05) is 7.11 Å². The molecule has 0 N–H and O–H groups in total. The molecule has 0 heterocycles. The van der Waals surface area contributed by atoms with Crippen LogP contribution in [0.5, 0.6) is 0 Å². The fraction of sp³-hybridized carbons (Fsp3) is 0.727. The first-order valence-corrected chi connectivity index (χ1v) is 9.81. The van der Waals surface area contributed by atoms with Crippen LogP contribution in [-0.4, -0.2) is 12.7 Å². The highest BCUT2D eigenvalue weighted by Crippen LogP contribution is 2.35. The van der Waals surface area contributed by atoms with E-state index in [1.54, 1.807) is 0 Å². The maximum atomic E-state index is 6.07. The Bertz CT molecular complexity index is 372. The number of methoxy groups -OCH3 is 1. The first-order valence-electron chi connectivity index (χ1n) is 9.81. The van der Waals surface area contributed by atoms with Crippen molar-refractivity contribution in [2.75, 3.05) is 7.11 Å². The number of ether oxygens (including phenoxy) is 1. The standard InChI is InChI=1S/C22H38O/c1-5-8-9-10-11-15-18-21(22(6-2,7-3)23-4)19-20-16-13-12-14-17-20/h12-14,16-17,21H,5-11,15,18-19H2,1-4H3. The van der Waals surface area contributed by atoms with Gasteiger partial charge in [0.15, 0.2) is 0 Å². The van der Waals surface area contributed by atoms with Crippen LogP contribution in [0.1, 0.15) is 84.1 Å². The molecule has 23 heavy (non-hydrogen) atoms. The van der Waals surface area contributed by atoms with Gasteiger partial charge in [0.1, 0.15) is 0 Å². The third-order valence-corrected chi connectivity index (χ3v) is 5.58. The molecule has 0 saturated carbocycles. The molecule has 0 amide bonds. The second-order valence-electron chi connectivity index (χ2n) is 6.92. The third-order valence-electron chi connectivity index (χ3n) is 5.58. The average Bonchev–Trinajstić information content (AvgIpc) is 2.60. The summed E-state index contributed by atoms with van der Waals surface area (Å²) in [6.07, 6.45) is 12.9. The van der Waals surface area contributed by atoms with Crippen LogP contribution >= 0.6 is 0 Å². The quantitative estimate of drug-likeness (QED) is 0.363. The van der Waals surface area contributed by atoms with E-state index < -0.39 is 0 Å². The highest BCUT2D eigenvalue weighted by Gasteiger charge is 2.35. The molecule has 1 aromatic carbocycles. The molecule has 0 aliphatic carbocycles. The van der Waals surface area contributed by atoms with E-state index >= 15 is 0 Å². The Morgan fingerprint density at radius 1 is 0.870 bits per heavy atom. The summed E-state index contributed by atoms with van der Waals surface area (Å²) in [5.74, 6) is 0.621. The van der Waals surface area contributed by atoms with Gasteiger partial charge >= 0.3 is 0 Å². The Hall–Kier alpha value is -0.820. The van der Waals surface area contributed by atoms with Crippen molar-refractivity contribution in [3.8, 4) is 0 Å². The average molecular weight is 319 g/mol. The largest absolute Gasteiger partial charge is 0.378 e. The summed E-state index contributed by atoms with van der Waals surface area (Å²) in [6.45, 7) is 6.85. The van der Waals surface area contributed by atoms with Gasteiger partial charge in [-0.2, -0.15) is 0 Å². The number of rotatable bonds is 13. The number of hydrogen-bond donors (Lipinski definition) is 0. The molecular weight excluding hydrogens is 280 g/mol. The second kappa shape index (κ2) is 11.7. The van der Waals surface area contributed by atoms with Crippen LogP contribution in [0.25, 0.3) is 0 Å². The van der Waals surface area contributed by atoms with Crippen molar-refractivity contribution in [2.45, 2.75) is 90.6 Å². The van der Waals surface area contributed by atoms with Crippen LogP contribution in [0.3, 0.4) is 0 Å². The predicted octanol–water partition coefficient (Wildman–Crippen LogP) is 6.80. The van der Waals surface area contributed by atoms with Gasteiger partial charge in [0.2, 0.25) is 0 Å². The summed E-state index contributed by atoms with van der Waals surface area (Å²) in [5.41, 5.74) is 1.49. The van der Waals surface area contributed by atoms with Crippen molar-refractivity contribution in [2.24, 2.45) is 5.92 Å². The molecule has 0 fully saturated rings. The molecule has 1 aromatic rings. The lowest BCUT2D eigenvalue weighted by Gasteiger charge is -2.39. The molecule has 132 valence electrons. The molecule has 0 bridgehead atoms. The van der Waals surface area contributed by atoms with Crippen molar-refractivity contribution in [1.82, 2.24) is 0 Å². The number of hydrogen-bond acceptors (Lipinski definition) is 1. The Morgan fingerprint density at radius 3 is 2.04 bits per heavy atom. The van der Waals surface area contributed by atoms with Crippen molar-refractivity contribution in [3.05, 3.63) is 35.9 Å². The van der Waals surface area contributed by atoms with Gasteiger partial charge in [-0.25, -0.2) is 0 Å². The summed E-state index contributed by atoms with van der Waals surface area (Å²) in [7, 11) is 1.91. The normalized spacial score (nSPS) is 13.2. The molecular formula is C22H38O. The van der Waals surface area contributed by atoms with Gasteiger partial charge in [-0.05, 0) is 37.2 Å². The molecule has 0 spiro atoms. The summed E-state index contributed by atoms with van der Waals surface area (Å²) < 4.78 is 6.07. The highest BCUT2D eigenvalue weighted by atomic mass is 16.5. The van der Waals surface area contributed by atoms with E-state index in [9.17, 15) is 0 Å². The minimum Gasteiger partial charge on any atom is -0.378 e. The topological polar surface area (TPSA) is 9.23 Å². The van der Waals surface area contributed by atoms with E-state index in [0.717, 1.165) is 19.3 Å². The van der Waals surface area contributed by atoms with Crippen LogP contribution in [-0.2, 0) is 11.2 Å². The fourth-order valence-corrected chi connectivity index (χ4v) is 3.90. The van der Waals surface area contributed by atoms with E-state index in [2.05, 4.69) is 51.1 Å². The van der Waals surface area contributed by atoms with E-state index in [0.29, 0.717) is 5.92 Å². The first-order chi connectivity index (χ1) is 11.2.